The highest BCUT2D eigenvalue weighted by molar-refractivity contribution is 5.85. The zero-order valence-electron chi connectivity index (χ0n) is 14.6. The zero-order chi connectivity index (χ0) is 18.7. The third kappa shape index (κ3) is 5.36. The van der Waals surface area contributed by atoms with Crippen LogP contribution in [0.2, 0.25) is 0 Å². The number of piperazine rings is 1. The molecule has 3 rings (SSSR count). The molecule has 1 fully saturated rings. The third-order valence-corrected chi connectivity index (χ3v) is 4.23. The minimum Gasteiger partial charge on any atom is -0.406 e. The summed E-state index contributed by atoms with van der Waals surface area (Å²) in [5.74, 6) is 0.394. The Hall–Kier alpha value is -2.26. The van der Waals surface area contributed by atoms with E-state index in [1.54, 1.807) is 11.1 Å². The van der Waals surface area contributed by atoms with Crippen LogP contribution in [0, 0.1) is 0 Å². The highest BCUT2D eigenvalue weighted by Gasteiger charge is 2.32. The second kappa shape index (κ2) is 8.62. The highest BCUT2D eigenvalue weighted by Crippen LogP contribution is 2.24. The van der Waals surface area contributed by atoms with Crippen molar-refractivity contribution in [1.29, 1.82) is 0 Å². The summed E-state index contributed by atoms with van der Waals surface area (Å²) in [4.78, 5) is 18.8. The average molecular weight is 405 g/mol. The van der Waals surface area contributed by atoms with Crippen molar-refractivity contribution >= 4 is 18.3 Å². The molecule has 0 radical (unpaired) electrons. The molecule has 0 aliphatic carbocycles. The summed E-state index contributed by atoms with van der Waals surface area (Å²) in [5.41, 5.74) is 0.627. The van der Waals surface area contributed by atoms with E-state index in [1.165, 1.54) is 24.3 Å². The van der Waals surface area contributed by atoms with Crippen LogP contribution in [0.3, 0.4) is 0 Å². The monoisotopic (exact) mass is 404 g/mol. The lowest BCUT2D eigenvalue weighted by Crippen LogP contribution is -2.49. The van der Waals surface area contributed by atoms with Crippen molar-refractivity contribution in [3.05, 3.63) is 48.0 Å². The van der Waals surface area contributed by atoms with Gasteiger partial charge >= 0.3 is 6.36 Å². The molecule has 0 spiro atoms. The maximum atomic E-state index is 12.7. The lowest BCUT2D eigenvalue weighted by Gasteiger charge is -2.35. The van der Waals surface area contributed by atoms with Crippen molar-refractivity contribution in [1.82, 2.24) is 19.8 Å². The molecule has 1 aliphatic heterocycles. The lowest BCUT2D eigenvalue weighted by molar-refractivity contribution is -0.274. The van der Waals surface area contributed by atoms with Crippen molar-refractivity contribution in [2.45, 2.75) is 18.8 Å². The van der Waals surface area contributed by atoms with Gasteiger partial charge in [-0.25, -0.2) is 4.98 Å². The van der Waals surface area contributed by atoms with Gasteiger partial charge in [-0.2, -0.15) is 0 Å². The highest BCUT2D eigenvalue weighted by atomic mass is 35.5. The molecular formula is C17H20ClF3N4O2. The Morgan fingerprint density at radius 3 is 2.63 bits per heavy atom. The fraction of sp³-hybridized carbons (Fsp3) is 0.412. The van der Waals surface area contributed by atoms with Crippen LogP contribution in [-0.4, -0.2) is 46.4 Å². The summed E-state index contributed by atoms with van der Waals surface area (Å²) in [5, 5.41) is 3.26. The SMILES string of the molecule is Cl.Cn1ccnc1C1CNCCN1C(=O)Cc1ccc(OC(F)(F)F)cc1. The maximum absolute atomic E-state index is 12.7. The van der Waals surface area contributed by atoms with E-state index in [0.717, 1.165) is 5.82 Å². The number of rotatable bonds is 4. The Labute approximate surface area is 160 Å². The van der Waals surface area contributed by atoms with Gasteiger partial charge in [-0.15, -0.1) is 25.6 Å². The van der Waals surface area contributed by atoms with Crippen LogP contribution in [0.4, 0.5) is 13.2 Å². The average Bonchev–Trinajstić information content (AvgIpc) is 3.01. The summed E-state index contributed by atoms with van der Waals surface area (Å²) in [6.07, 6.45) is -1.11. The summed E-state index contributed by atoms with van der Waals surface area (Å²) in [7, 11) is 1.87. The molecule has 1 aromatic heterocycles. The van der Waals surface area contributed by atoms with Gasteiger partial charge in [0.2, 0.25) is 5.91 Å². The Kier molecular flexibility index (Phi) is 6.72. The standard InChI is InChI=1S/C17H19F3N4O2.ClH/c1-23-8-7-22-16(23)14-11-21-6-9-24(14)15(25)10-12-2-4-13(5-3-12)26-17(18,19)20;/h2-5,7-8,14,21H,6,9-11H2,1H3;1H. The number of aromatic nitrogens is 2. The van der Waals surface area contributed by atoms with Crippen LogP contribution in [0.1, 0.15) is 17.4 Å². The summed E-state index contributed by atoms with van der Waals surface area (Å²) < 4.78 is 42.3. The Morgan fingerprint density at radius 1 is 1.33 bits per heavy atom. The van der Waals surface area contributed by atoms with Gasteiger partial charge in [0.25, 0.3) is 0 Å². The maximum Gasteiger partial charge on any atom is 0.573 e. The van der Waals surface area contributed by atoms with Crippen molar-refractivity contribution in [3.8, 4) is 5.75 Å². The van der Waals surface area contributed by atoms with Gasteiger partial charge in [0.05, 0.1) is 6.42 Å². The molecule has 27 heavy (non-hydrogen) atoms. The molecule has 0 bridgehead atoms. The van der Waals surface area contributed by atoms with Gasteiger partial charge in [-0.3, -0.25) is 4.79 Å². The minimum absolute atomic E-state index is 0. The first-order valence-electron chi connectivity index (χ1n) is 8.15. The predicted octanol–water partition coefficient (Wildman–Crippen LogP) is 2.46. The predicted molar refractivity (Wildman–Crippen MR) is 94.6 cm³/mol. The number of nitrogens with zero attached hydrogens (tertiary/aromatic N) is 3. The Bertz CT molecular complexity index is 764. The van der Waals surface area contributed by atoms with Crippen molar-refractivity contribution in [3.63, 3.8) is 0 Å². The van der Waals surface area contributed by atoms with Gasteiger partial charge in [-0.05, 0) is 17.7 Å². The smallest absolute Gasteiger partial charge is 0.406 e. The Morgan fingerprint density at radius 2 is 2.04 bits per heavy atom. The van der Waals surface area contributed by atoms with Crippen LogP contribution >= 0.6 is 12.4 Å². The number of carbonyl (C=O) groups excluding carboxylic acids is 1. The number of ether oxygens (including phenoxy) is 1. The zero-order valence-corrected chi connectivity index (χ0v) is 15.4. The normalized spacial score (nSPS) is 17.3. The molecular weight excluding hydrogens is 385 g/mol. The number of aryl methyl sites for hydroxylation is 1. The molecule has 1 atom stereocenters. The molecule has 1 amide bonds. The summed E-state index contributed by atoms with van der Waals surface area (Å²) in [6, 6.07) is 5.19. The van der Waals surface area contributed by atoms with Gasteiger partial charge in [-0.1, -0.05) is 12.1 Å². The first kappa shape index (κ1) is 21.0. The number of carbonyl (C=O) groups is 1. The van der Waals surface area contributed by atoms with Gasteiger partial charge in [0.1, 0.15) is 17.6 Å². The fourth-order valence-electron chi connectivity index (χ4n) is 3.02. The number of halogens is 4. The fourth-order valence-corrected chi connectivity index (χ4v) is 3.02. The molecule has 0 saturated carbocycles. The van der Waals surface area contributed by atoms with Crippen LogP contribution in [0.25, 0.3) is 0 Å². The second-order valence-corrected chi connectivity index (χ2v) is 6.07. The van der Waals surface area contributed by atoms with E-state index in [1.807, 2.05) is 17.8 Å². The van der Waals surface area contributed by atoms with Gasteiger partial charge in [0.15, 0.2) is 0 Å². The molecule has 10 heteroatoms. The number of hydrogen-bond acceptors (Lipinski definition) is 4. The Balaban J connectivity index is 0.00000261. The molecule has 6 nitrogen and oxygen atoms in total. The molecule has 1 aliphatic rings. The number of amides is 1. The van der Waals surface area contributed by atoms with E-state index in [-0.39, 0.29) is 36.5 Å². The largest absolute Gasteiger partial charge is 0.573 e. The van der Waals surface area contributed by atoms with E-state index in [2.05, 4.69) is 15.0 Å². The molecule has 1 N–H and O–H groups in total. The minimum atomic E-state index is -4.73. The van der Waals surface area contributed by atoms with Crippen LogP contribution in [-0.2, 0) is 18.3 Å². The van der Waals surface area contributed by atoms with E-state index in [4.69, 9.17) is 0 Å². The third-order valence-electron chi connectivity index (χ3n) is 4.23. The van der Waals surface area contributed by atoms with Gasteiger partial charge in [0, 0.05) is 39.1 Å². The van der Waals surface area contributed by atoms with E-state index in [9.17, 15) is 18.0 Å². The molecule has 1 saturated heterocycles. The first-order valence-corrected chi connectivity index (χ1v) is 8.15. The number of benzene rings is 1. The molecule has 2 aromatic rings. The molecule has 1 aromatic carbocycles. The van der Waals surface area contributed by atoms with Gasteiger partial charge < -0.3 is 19.5 Å². The first-order chi connectivity index (χ1) is 12.3. The summed E-state index contributed by atoms with van der Waals surface area (Å²) >= 11 is 0. The quantitative estimate of drug-likeness (QED) is 0.850. The molecule has 2 heterocycles. The van der Waals surface area contributed by atoms with Crippen molar-refractivity contribution in [2.75, 3.05) is 19.6 Å². The van der Waals surface area contributed by atoms with E-state index >= 15 is 0 Å². The molecule has 148 valence electrons. The van der Waals surface area contributed by atoms with Crippen molar-refractivity contribution in [2.24, 2.45) is 7.05 Å². The van der Waals surface area contributed by atoms with Crippen LogP contribution in [0.5, 0.6) is 5.75 Å². The van der Waals surface area contributed by atoms with Crippen molar-refractivity contribution < 1.29 is 22.7 Å². The number of alkyl halides is 3. The summed E-state index contributed by atoms with van der Waals surface area (Å²) in [6.45, 7) is 1.84. The van der Waals surface area contributed by atoms with E-state index in [0.29, 0.717) is 25.2 Å². The van der Waals surface area contributed by atoms with Crippen LogP contribution in [0.15, 0.2) is 36.7 Å². The number of imidazole rings is 1. The second-order valence-electron chi connectivity index (χ2n) is 6.07. The molecule has 1 unspecified atom stereocenters. The van der Waals surface area contributed by atoms with Crippen LogP contribution < -0.4 is 10.1 Å². The lowest BCUT2D eigenvalue weighted by atomic mass is 10.1. The van der Waals surface area contributed by atoms with E-state index < -0.39 is 6.36 Å². The number of hydrogen-bond donors (Lipinski definition) is 1. The topological polar surface area (TPSA) is 59.4 Å². The number of nitrogens with one attached hydrogen (secondary N) is 1.